The maximum Gasteiger partial charge on any atom is 0.340 e. The third kappa shape index (κ3) is 5.46. The number of benzene rings is 4. The molecule has 0 saturated carbocycles. The minimum atomic E-state index is -0.331. The smallest absolute Gasteiger partial charge is 0.340 e. The van der Waals surface area contributed by atoms with Crippen LogP contribution in [0.5, 0.6) is 11.6 Å². The Hall–Kier alpha value is -5.39. The first kappa shape index (κ1) is 33.7. The molecule has 8 heteroatoms. The second kappa shape index (κ2) is 13.3. The van der Waals surface area contributed by atoms with Crippen molar-refractivity contribution in [3.05, 3.63) is 156 Å². The van der Waals surface area contributed by atoms with Crippen LogP contribution in [-0.2, 0) is 21.1 Å². The van der Waals surface area contributed by atoms with Gasteiger partial charge in [-0.3, -0.25) is 4.57 Å². The Labute approximate surface area is 319 Å². The van der Waals surface area contributed by atoms with Crippen molar-refractivity contribution in [1.29, 1.82) is 0 Å². The van der Waals surface area contributed by atoms with Gasteiger partial charge in [0.15, 0.2) is 11.7 Å². The van der Waals surface area contributed by atoms with Crippen LogP contribution in [0.1, 0.15) is 56.2 Å². The van der Waals surface area contributed by atoms with E-state index < -0.39 is 0 Å². The summed E-state index contributed by atoms with van der Waals surface area (Å²) < 4.78 is 9.17. The molecule has 2 aromatic heterocycles. The molecule has 0 fully saturated rings. The Balaban J connectivity index is 0.00000387. The number of para-hydroxylation sites is 1. The van der Waals surface area contributed by atoms with Crippen LogP contribution in [0.4, 0.5) is 0 Å². The van der Waals surface area contributed by atoms with E-state index in [4.69, 9.17) is 9.72 Å². The first-order valence-corrected chi connectivity index (χ1v) is 17.6. The summed E-state index contributed by atoms with van der Waals surface area (Å²) in [4.78, 5) is 12.3. The number of rotatable bonds is 6. The third-order valence-corrected chi connectivity index (χ3v) is 10.0. The van der Waals surface area contributed by atoms with Crippen molar-refractivity contribution in [2.45, 2.75) is 39.5 Å². The average Bonchev–Trinajstić information content (AvgIpc) is 3.53. The summed E-state index contributed by atoms with van der Waals surface area (Å²) in [5, 5.41) is 11.4. The van der Waals surface area contributed by atoms with Crippen LogP contribution < -0.4 is 15.8 Å². The van der Waals surface area contributed by atoms with Gasteiger partial charge in [-0.25, -0.2) is 4.98 Å². The van der Waals surface area contributed by atoms with Crippen molar-refractivity contribution >= 4 is 24.0 Å². The van der Waals surface area contributed by atoms with Crippen LogP contribution in [0, 0.1) is 6.07 Å². The summed E-state index contributed by atoms with van der Waals surface area (Å²) in [5.74, 6) is 2.48. The standard InChI is InChI=1S/C44H36BN4O2.Pt/c1-27(2)35-24-32(29-13-6-5-7-14-29)25-36(28(3)4)41(35)48-43(34-16-8-9-18-39(34)50)47-42-44(48)51-40-19-12-15-33-23-30-20-21-31(38-17-10-11-22-46-38)26-37(30)45(42)49(33)40;/h5-25,27-28,50H,1-4H3;/q-1;. The zero-order chi connectivity index (χ0) is 34.8. The topological polar surface area (TPSA) is 63.4 Å². The molecule has 0 amide bonds. The van der Waals surface area contributed by atoms with Crippen LogP contribution in [0.15, 0.2) is 133 Å². The maximum atomic E-state index is 11.4. The molecule has 0 bridgehead atoms. The van der Waals surface area contributed by atoms with E-state index in [1.807, 2.05) is 54.7 Å². The number of fused-ring (bicyclic) bond motifs is 4. The zero-order valence-electron chi connectivity index (χ0n) is 29.3. The second-order valence-corrected chi connectivity index (χ2v) is 13.9. The van der Waals surface area contributed by atoms with Gasteiger partial charge in [0, 0.05) is 33.0 Å². The normalized spacial score (nSPS) is 13.9. The maximum absolute atomic E-state index is 11.4. The predicted octanol–water partition coefficient (Wildman–Crippen LogP) is 8.58. The first-order chi connectivity index (χ1) is 24.9. The van der Waals surface area contributed by atoms with Gasteiger partial charge in [0.05, 0.1) is 16.8 Å². The zero-order valence-corrected chi connectivity index (χ0v) is 31.6. The Morgan fingerprint density at radius 2 is 1.56 bits per heavy atom. The van der Waals surface area contributed by atoms with Gasteiger partial charge in [-0.1, -0.05) is 94.4 Å². The largest absolute Gasteiger partial charge is 0.507 e. The minimum absolute atomic E-state index is 0. The number of aromatic nitrogens is 3. The molecule has 1 N–H and O–H groups in total. The van der Waals surface area contributed by atoms with Gasteiger partial charge in [0.1, 0.15) is 5.75 Å². The number of allylic oxidation sites excluding steroid dienone is 3. The SMILES string of the molecule is CC(C)c1cc(-c2ccccc2)cc(C(C)C)c1-n1c(-c2ccccc2O)nc2c1OC1=CC=CC3=Cc4ccc(-c5ccccn5)[c-]c4B2N31.[Pt]. The van der Waals surface area contributed by atoms with Crippen molar-refractivity contribution in [2.24, 2.45) is 0 Å². The van der Waals surface area contributed by atoms with Gasteiger partial charge in [0.25, 0.3) is 0 Å². The number of hydrogen-bond acceptors (Lipinski definition) is 5. The summed E-state index contributed by atoms with van der Waals surface area (Å²) in [7, 11) is 0. The molecule has 6 nitrogen and oxygen atoms in total. The van der Waals surface area contributed by atoms with E-state index in [1.165, 1.54) is 22.3 Å². The molecule has 0 unspecified atom stereocenters. The molecule has 3 aliphatic rings. The number of ether oxygens (including phenoxy) is 1. The van der Waals surface area contributed by atoms with E-state index in [-0.39, 0.29) is 45.5 Å². The number of nitrogens with zero attached hydrogens (tertiary/aromatic N) is 4. The summed E-state index contributed by atoms with van der Waals surface area (Å²) in [6.07, 6.45) is 10.2. The molecule has 0 radical (unpaired) electrons. The summed E-state index contributed by atoms with van der Waals surface area (Å²) in [6, 6.07) is 36.5. The molecular formula is C44H36BN4O2Pt-. The van der Waals surface area contributed by atoms with Gasteiger partial charge in [-0.2, -0.15) is 0 Å². The van der Waals surface area contributed by atoms with Crippen LogP contribution >= 0.6 is 0 Å². The summed E-state index contributed by atoms with van der Waals surface area (Å²) >= 11 is 0. The van der Waals surface area contributed by atoms with E-state index in [0.717, 1.165) is 39.3 Å². The molecular weight excluding hydrogens is 822 g/mol. The monoisotopic (exact) mass is 858 g/mol. The fourth-order valence-electron chi connectivity index (χ4n) is 7.55. The van der Waals surface area contributed by atoms with E-state index in [0.29, 0.717) is 23.2 Å². The number of imidazole rings is 1. The van der Waals surface area contributed by atoms with Gasteiger partial charge in [-0.05, 0) is 82.3 Å². The van der Waals surface area contributed by atoms with E-state index >= 15 is 0 Å². The van der Waals surface area contributed by atoms with Gasteiger partial charge in [0.2, 0.25) is 5.88 Å². The summed E-state index contributed by atoms with van der Waals surface area (Å²) in [5.41, 5.74) is 12.0. The predicted molar refractivity (Wildman–Crippen MR) is 205 cm³/mol. The number of aromatic hydroxyl groups is 1. The minimum Gasteiger partial charge on any atom is -0.507 e. The van der Waals surface area contributed by atoms with Crippen LogP contribution in [0.2, 0.25) is 0 Å². The van der Waals surface area contributed by atoms with Crippen LogP contribution in [-0.4, -0.2) is 31.3 Å². The molecule has 4 aromatic carbocycles. The fraction of sp³-hybridized carbons (Fsp3) is 0.136. The molecule has 258 valence electrons. The Bertz CT molecular complexity index is 2400. The first-order valence-electron chi connectivity index (χ1n) is 17.6. The quantitative estimate of drug-likeness (QED) is 0.134. The Kier molecular flexibility index (Phi) is 8.63. The summed E-state index contributed by atoms with van der Waals surface area (Å²) in [6.45, 7) is 8.62. The number of phenolic OH excluding ortho intramolecular Hbond substituents is 1. The molecule has 5 heterocycles. The molecule has 3 aliphatic heterocycles. The van der Waals surface area contributed by atoms with Crippen LogP contribution in [0.25, 0.3) is 45.5 Å². The fourth-order valence-corrected chi connectivity index (χ4v) is 7.55. The molecule has 6 aromatic rings. The molecule has 0 atom stereocenters. The molecule has 0 saturated heterocycles. The van der Waals surface area contributed by atoms with Crippen molar-refractivity contribution in [1.82, 2.24) is 19.3 Å². The van der Waals surface area contributed by atoms with Crippen LogP contribution in [0.3, 0.4) is 0 Å². The van der Waals surface area contributed by atoms with Crippen molar-refractivity contribution in [3.63, 3.8) is 0 Å². The van der Waals surface area contributed by atoms with Crippen molar-refractivity contribution in [3.8, 4) is 51.1 Å². The third-order valence-electron chi connectivity index (χ3n) is 10.0. The average molecular weight is 859 g/mol. The van der Waals surface area contributed by atoms with Gasteiger partial charge >= 0.3 is 6.85 Å². The molecule has 52 heavy (non-hydrogen) atoms. The van der Waals surface area contributed by atoms with Gasteiger partial charge < -0.3 is 19.6 Å². The number of pyridine rings is 1. The number of hydrogen-bond donors (Lipinski definition) is 1. The molecule has 0 aliphatic carbocycles. The Morgan fingerprint density at radius 3 is 2.27 bits per heavy atom. The van der Waals surface area contributed by atoms with E-state index in [1.54, 1.807) is 6.07 Å². The van der Waals surface area contributed by atoms with Gasteiger partial charge in [-0.15, -0.1) is 34.8 Å². The molecule has 0 spiro atoms. The van der Waals surface area contributed by atoms with E-state index in [2.05, 4.69) is 115 Å². The second-order valence-electron chi connectivity index (χ2n) is 13.9. The van der Waals surface area contributed by atoms with Crippen molar-refractivity contribution in [2.75, 3.05) is 0 Å². The Morgan fingerprint density at radius 1 is 0.827 bits per heavy atom. The molecule has 9 rings (SSSR count). The number of phenols is 1. The van der Waals surface area contributed by atoms with Crippen molar-refractivity contribution < 1.29 is 30.9 Å². The van der Waals surface area contributed by atoms with E-state index in [9.17, 15) is 5.11 Å².